The molecule has 0 heterocycles. The van der Waals surface area contributed by atoms with Crippen LogP contribution in [0.1, 0.15) is 18.1 Å². The number of quaternary nitrogens is 1. The first-order chi connectivity index (χ1) is 9.45. The lowest BCUT2D eigenvalue weighted by atomic mass is 9.95. The molecule has 0 aliphatic heterocycles. The first-order valence-corrected chi connectivity index (χ1v) is 7.17. The van der Waals surface area contributed by atoms with Crippen LogP contribution in [0.25, 0.3) is 17.2 Å². The summed E-state index contributed by atoms with van der Waals surface area (Å²) in [6.45, 7) is 2.22. The van der Waals surface area contributed by atoms with Crippen molar-refractivity contribution in [3.8, 4) is 11.1 Å². The minimum Gasteiger partial charge on any atom is -0.298 e. The van der Waals surface area contributed by atoms with Gasteiger partial charge in [0.05, 0.1) is 21.1 Å². The van der Waals surface area contributed by atoms with Crippen LogP contribution in [0.15, 0.2) is 48.0 Å². The van der Waals surface area contributed by atoms with Crippen LogP contribution in [-0.2, 0) is 6.42 Å². The van der Waals surface area contributed by atoms with Crippen molar-refractivity contribution < 1.29 is 0 Å². The minimum absolute atomic E-state index is 0.853. The van der Waals surface area contributed by atoms with Gasteiger partial charge in [0, 0.05) is 12.1 Å². The number of hydrogen-bond donors (Lipinski definition) is 0. The van der Waals surface area contributed by atoms with E-state index >= 15 is 0 Å². The summed E-state index contributed by atoms with van der Waals surface area (Å²) in [7, 11) is 6.68. The van der Waals surface area contributed by atoms with Crippen LogP contribution >= 0.6 is 0 Å². The molecule has 1 aliphatic carbocycles. The second kappa shape index (κ2) is 4.60. The fraction of sp³-hybridized carbons (Fsp3) is 0.263. The molecule has 2 aromatic rings. The van der Waals surface area contributed by atoms with E-state index in [0.717, 1.165) is 10.9 Å². The summed E-state index contributed by atoms with van der Waals surface area (Å²) < 4.78 is 0.853. The van der Waals surface area contributed by atoms with Gasteiger partial charge in [-0.1, -0.05) is 42.0 Å². The predicted octanol–water partition coefficient (Wildman–Crippen LogP) is 4.51. The molecule has 20 heavy (non-hydrogen) atoms. The van der Waals surface area contributed by atoms with Gasteiger partial charge in [0.1, 0.15) is 5.69 Å². The third-order valence-electron chi connectivity index (χ3n) is 3.97. The minimum atomic E-state index is 0.853. The number of allylic oxidation sites excluding steroid dienone is 1. The summed E-state index contributed by atoms with van der Waals surface area (Å²) in [5, 5.41) is 0. The molecule has 0 fully saturated rings. The highest BCUT2D eigenvalue weighted by atomic mass is 15.3. The number of nitrogens with zero attached hydrogens (tertiary/aromatic N) is 1. The molecule has 3 rings (SSSR count). The number of rotatable bonds is 2. The van der Waals surface area contributed by atoms with Crippen LogP contribution in [0.2, 0.25) is 0 Å². The van der Waals surface area contributed by atoms with Crippen LogP contribution in [0.4, 0.5) is 5.69 Å². The van der Waals surface area contributed by atoms with E-state index in [9.17, 15) is 0 Å². The third-order valence-corrected chi connectivity index (χ3v) is 3.97. The zero-order valence-corrected chi connectivity index (χ0v) is 12.8. The molecule has 1 heteroatoms. The molecule has 0 aromatic heterocycles. The number of benzene rings is 2. The Morgan fingerprint density at radius 2 is 1.65 bits per heavy atom. The topological polar surface area (TPSA) is 0 Å². The van der Waals surface area contributed by atoms with Crippen molar-refractivity contribution in [1.29, 1.82) is 0 Å². The summed E-state index contributed by atoms with van der Waals surface area (Å²) >= 11 is 0. The molecule has 0 radical (unpaired) electrons. The van der Waals surface area contributed by atoms with Gasteiger partial charge < -0.3 is 0 Å². The summed E-state index contributed by atoms with van der Waals surface area (Å²) in [6, 6.07) is 15.4. The van der Waals surface area contributed by atoms with E-state index in [2.05, 4.69) is 76.6 Å². The first-order valence-electron chi connectivity index (χ1n) is 7.17. The van der Waals surface area contributed by atoms with Gasteiger partial charge in [-0.05, 0) is 35.6 Å². The van der Waals surface area contributed by atoms with Gasteiger partial charge in [-0.15, -0.1) is 0 Å². The second-order valence-corrected chi connectivity index (χ2v) is 6.61. The Hall–Kier alpha value is -1.86. The fourth-order valence-electron chi connectivity index (χ4n) is 2.85. The molecular formula is C19H22N+. The van der Waals surface area contributed by atoms with Crippen molar-refractivity contribution in [2.45, 2.75) is 13.3 Å². The van der Waals surface area contributed by atoms with Gasteiger partial charge in [-0.2, -0.15) is 0 Å². The van der Waals surface area contributed by atoms with Gasteiger partial charge in [-0.25, -0.2) is 0 Å². The highest BCUT2D eigenvalue weighted by Gasteiger charge is 2.21. The van der Waals surface area contributed by atoms with E-state index < -0.39 is 0 Å². The average molecular weight is 264 g/mol. The van der Waals surface area contributed by atoms with Gasteiger partial charge >= 0.3 is 0 Å². The molecule has 0 atom stereocenters. The van der Waals surface area contributed by atoms with E-state index in [1.165, 1.54) is 33.5 Å². The van der Waals surface area contributed by atoms with Gasteiger partial charge in [0.2, 0.25) is 0 Å². The second-order valence-electron chi connectivity index (χ2n) is 6.61. The first kappa shape index (κ1) is 13.1. The average Bonchev–Trinajstić information content (AvgIpc) is 2.77. The maximum absolute atomic E-state index is 2.37. The molecule has 102 valence electrons. The van der Waals surface area contributed by atoms with Crippen LogP contribution in [0, 0.1) is 0 Å². The lowest BCUT2D eigenvalue weighted by molar-refractivity contribution is 0.486. The van der Waals surface area contributed by atoms with Crippen molar-refractivity contribution in [2.24, 2.45) is 0 Å². The summed E-state index contributed by atoms with van der Waals surface area (Å²) in [5.74, 6) is 0. The van der Waals surface area contributed by atoms with E-state index in [0.29, 0.717) is 0 Å². The molecule has 0 saturated heterocycles. The Morgan fingerprint density at radius 3 is 2.30 bits per heavy atom. The van der Waals surface area contributed by atoms with Gasteiger partial charge in [0.25, 0.3) is 0 Å². The Labute approximate surface area is 121 Å². The predicted molar refractivity (Wildman–Crippen MR) is 88.8 cm³/mol. The summed E-state index contributed by atoms with van der Waals surface area (Å²) in [4.78, 5) is 0. The zero-order valence-electron chi connectivity index (χ0n) is 12.8. The molecule has 0 bridgehead atoms. The van der Waals surface area contributed by atoms with E-state index in [-0.39, 0.29) is 0 Å². The highest BCUT2D eigenvalue weighted by Crippen LogP contribution is 2.38. The molecule has 1 nitrogen and oxygen atoms in total. The van der Waals surface area contributed by atoms with Crippen LogP contribution in [0.5, 0.6) is 0 Å². The maximum atomic E-state index is 2.37. The molecular weight excluding hydrogens is 242 g/mol. The third kappa shape index (κ3) is 2.30. The highest BCUT2D eigenvalue weighted by molar-refractivity contribution is 5.83. The summed E-state index contributed by atoms with van der Waals surface area (Å²) in [5.41, 5.74) is 8.37. The Kier molecular flexibility index (Phi) is 3.02. The van der Waals surface area contributed by atoms with Crippen LogP contribution < -0.4 is 4.48 Å². The molecule has 0 amide bonds. The number of hydrogen-bond acceptors (Lipinski definition) is 0. The fourth-order valence-corrected chi connectivity index (χ4v) is 2.85. The van der Waals surface area contributed by atoms with Crippen LogP contribution in [-0.4, -0.2) is 21.1 Å². The van der Waals surface area contributed by atoms with E-state index in [4.69, 9.17) is 0 Å². The van der Waals surface area contributed by atoms with E-state index in [1.807, 2.05) is 0 Å². The largest absolute Gasteiger partial charge is 0.298 e. The lowest BCUT2D eigenvalue weighted by Gasteiger charge is -2.25. The molecule has 2 aromatic carbocycles. The van der Waals surface area contributed by atoms with Gasteiger partial charge in [-0.3, -0.25) is 4.48 Å². The van der Waals surface area contributed by atoms with Crippen LogP contribution in [0.3, 0.4) is 0 Å². The van der Waals surface area contributed by atoms with Crippen molar-refractivity contribution >= 4 is 11.8 Å². The van der Waals surface area contributed by atoms with Crippen molar-refractivity contribution in [3.63, 3.8) is 0 Å². The SMILES string of the molecule is CC1=Cc2c(cc([N+](C)(C)C)cc2-c2ccccc2)C1. The van der Waals surface area contributed by atoms with E-state index in [1.54, 1.807) is 0 Å². The quantitative estimate of drug-likeness (QED) is 0.700. The van der Waals surface area contributed by atoms with Crippen molar-refractivity contribution in [2.75, 3.05) is 21.1 Å². The molecule has 0 saturated carbocycles. The lowest BCUT2D eigenvalue weighted by Crippen LogP contribution is -2.34. The standard InChI is InChI=1S/C19H22N/c1-14-10-16-12-17(20(2,3)4)13-19(18(16)11-14)15-8-6-5-7-9-15/h5-9,11-13H,10H2,1-4H3/q+1. The Balaban J connectivity index is 2.24. The van der Waals surface area contributed by atoms with Gasteiger partial charge in [0.15, 0.2) is 0 Å². The normalized spacial score (nSPS) is 14.1. The summed E-state index contributed by atoms with van der Waals surface area (Å²) in [6.07, 6.45) is 3.43. The maximum Gasteiger partial charge on any atom is 0.133 e. The zero-order chi connectivity index (χ0) is 14.3. The van der Waals surface area contributed by atoms with Crippen molar-refractivity contribution in [3.05, 3.63) is 59.2 Å². The molecule has 0 spiro atoms. The number of fused-ring (bicyclic) bond motifs is 1. The monoisotopic (exact) mass is 264 g/mol. The Morgan fingerprint density at radius 1 is 0.950 bits per heavy atom. The van der Waals surface area contributed by atoms with Crippen molar-refractivity contribution in [1.82, 2.24) is 4.48 Å². The molecule has 1 aliphatic rings. The smallest absolute Gasteiger partial charge is 0.133 e. The Bertz CT molecular complexity index is 673. The molecule has 0 N–H and O–H groups in total. The molecule has 0 unspecified atom stereocenters.